The van der Waals surface area contributed by atoms with Crippen molar-refractivity contribution in [3.63, 3.8) is 0 Å². The van der Waals surface area contributed by atoms with Gasteiger partial charge in [-0.3, -0.25) is 4.79 Å². The molecule has 2 aromatic rings. The van der Waals surface area contributed by atoms with Crippen LogP contribution in [0.1, 0.15) is 50.7 Å². The third-order valence-electron chi connectivity index (χ3n) is 5.98. The second-order valence-electron chi connectivity index (χ2n) is 9.26. The summed E-state index contributed by atoms with van der Waals surface area (Å²) < 4.78 is 17.7. The molecule has 0 saturated carbocycles. The van der Waals surface area contributed by atoms with Crippen molar-refractivity contribution in [3.05, 3.63) is 81.4 Å². The second kappa shape index (κ2) is 9.44. The van der Waals surface area contributed by atoms with Gasteiger partial charge in [0.2, 0.25) is 5.88 Å². The van der Waals surface area contributed by atoms with Crippen LogP contribution in [0.4, 0.5) is 0 Å². The number of rotatable bonds is 6. The van der Waals surface area contributed by atoms with Gasteiger partial charge in [0.05, 0.1) is 12.5 Å². The number of Topliss-reactive ketones (excluding diaryl/α,β-unsaturated/α-hetero) is 1. The summed E-state index contributed by atoms with van der Waals surface area (Å²) in [6, 6.07) is 15.0. The van der Waals surface area contributed by atoms with Crippen molar-refractivity contribution < 1.29 is 19.0 Å². The fourth-order valence-corrected chi connectivity index (χ4v) is 4.58. The molecule has 2 N–H and O–H groups in total. The maximum atomic E-state index is 13.2. The lowest BCUT2D eigenvalue weighted by Crippen LogP contribution is -2.33. The SMILES string of the molecule is CCOc1cc([C@@H]2C(C#N)=C(N)OC3=C2C(=O)CC(C)(C)C3)ccc1OCc1ccc(Cl)cc1. The van der Waals surface area contributed by atoms with Gasteiger partial charge < -0.3 is 19.9 Å². The molecule has 0 unspecified atom stereocenters. The first-order valence-corrected chi connectivity index (χ1v) is 11.6. The number of nitrogens with zero attached hydrogens (tertiary/aromatic N) is 1. The molecule has 1 aliphatic heterocycles. The molecular weight excluding hydrogens is 452 g/mol. The third kappa shape index (κ3) is 4.76. The van der Waals surface area contributed by atoms with Crippen molar-refractivity contribution in [2.24, 2.45) is 11.1 Å². The summed E-state index contributed by atoms with van der Waals surface area (Å²) in [6.45, 7) is 6.70. The number of nitrogens with two attached hydrogens (primary N) is 1. The van der Waals surface area contributed by atoms with Crippen molar-refractivity contribution in [3.8, 4) is 17.6 Å². The van der Waals surface area contributed by atoms with E-state index in [-0.39, 0.29) is 22.7 Å². The summed E-state index contributed by atoms with van der Waals surface area (Å²) >= 11 is 5.96. The maximum absolute atomic E-state index is 13.2. The molecule has 2 aromatic carbocycles. The molecule has 176 valence electrons. The van der Waals surface area contributed by atoms with E-state index >= 15 is 0 Å². The molecule has 0 aromatic heterocycles. The molecule has 34 heavy (non-hydrogen) atoms. The van der Waals surface area contributed by atoms with E-state index in [0.717, 1.165) is 11.1 Å². The van der Waals surface area contributed by atoms with Crippen LogP contribution in [-0.2, 0) is 16.1 Å². The highest BCUT2D eigenvalue weighted by Gasteiger charge is 2.43. The van der Waals surface area contributed by atoms with Gasteiger partial charge in [-0.1, -0.05) is 43.6 Å². The Bertz CT molecular complexity index is 1220. The zero-order chi connectivity index (χ0) is 24.5. The first-order chi connectivity index (χ1) is 16.2. The highest BCUT2D eigenvalue weighted by atomic mass is 35.5. The highest BCUT2D eigenvalue weighted by molar-refractivity contribution is 6.30. The fraction of sp³-hybridized carbons (Fsp3) is 0.333. The number of benzene rings is 2. The highest BCUT2D eigenvalue weighted by Crippen LogP contribution is 2.48. The molecule has 0 radical (unpaired) electrons. The van der Waals surface area contributed by atoms with Crippen LogP contribution < -0.4 is 15.2 Å². The summed E-state index contributed by atoms with van der Waals surface area (Å²) in [5, 5.41) is 10.5. The fourth-order valence-electron chi connectivity index (χ4n) is 4.45. The summed E-state index contributed by atoms with van der Waals surface area (Å²) in [6.07, 6.45) is 0.954. The van der Waals surface area contributed by atoms with Crippen LogP contribution in [0.5, 0.6) is 11.5 Å². The van der Waals surface area contributed by atoms with E-state index in [1.165, 1.54) is 0 Å². The molecule has 2 aliphatic rings. The van der Waals surface area contributed by atoms with Crippen LogP contribution in [0.15, 0.2) is 65.3 Å². The van der Waals surface area contributed by atoms with Gasteiger partial charge in [0, 0.05) is 23.4 Å². The van der Waals surface area contributed by atoms with Gasteiger partial charge >= 0.3 is 0 Å². The van der Waals surface area contributed by atoms with Crippen molar-refractivity contribution in [1.82, 2.24) is 0 Å². The standard InChI is InChI=1S/C27H27ClN2O4/c1-4-32-22-11-17(7-10-21(22)33-15-16-5-8-18(28)9-6-16)24-19(14-29)26(30)34-23-13-27(2,3)12-20(31)25(23)24/h5-11,24H,4,12-13,15,30H2,1-3H3/t24-/m1/s1. The van der Waals surface area contributed by atoms with Gasteiger partial charge in [-0.15, -0.1) is 0 Å². The predicted octanol–water partition coefficient (Wildman–Crippen LogP) is 5.77. The average Bonchev–Trinajstić information content (AvgIpc) is 2.77. The van der Waals surface area contributed by atoms with Crippen LogP contribution >= 0.6 is 11.6 Å². The lowest BCUT2D eigenvalue weighted by molar-refractivity contribution is -0.119. The van der Waals surface area contributed by atoms with E-state index < -0.39 is 5.92 Å². The van der Waals surface area contributed by atoms with Gasteiger partial charge in [-0.05, 0) is 47.7 Å². The number of ketones is 1. The van der Waals surface area contributed by atoms with E-state index in [2.05, 4.69) is 6.07 Å². The van der Waals surface area contributed by atoms with Crippen LogP contribution in [0.25, 0.3) is 0 Å². The second-order valence-corrected chi connectivity index (χ2v) is 9.69. The lowest BCUT2D eigenvalue weighted by atomic mass is 9.70. The molecule has 7 heteroatoms. The summed E-state index contributed by atoms with van der Waals surface area (Å²) in [5.41, 5.74) is 8.32. The number of hydrogen-bond acceptors (Lipinski definition) is 6. The van der Waals surface area contributed by atoms with Gasteiger partial charge in [-0.25, -0.2) is 0 Å². The van der Waals surface area contributed by atoms with Gasteiger partial charge in [-0.2, -0.15) is 5.26 Å². The Morgan fingerprint density at radius 1 is 1.15 bits per heavy atom. The molecule has 0 saturated heterocycles. The topological polar surface area (TPSA) is 94.6 Å². The maximum Gasteiger partial charge on any atom is 0.205 e. The Morgan fingerprint density at radius 2 is 1.88 bits per heavy atom. The monoisotopic (exact) mass is 478 g/mol. The predicted molar refractivity (Wildman–Crippen MR) is 129 cm³/mol. The number of carbonyl (C=O) groups excluding carboxylic acids is 1. The van der Waals surface area contributed by atoms with Gasteiger partial charge in [0.25, 0.3) is 0 Å². The third-order valence-corrected chi connectivity index (χ3v) is 6.24. The largest absolute Gasteiger partial charge is 0.490 e. The Hall–Kier alpha value is -3.43. The van der Waals surface area contributed by atoms with Crippen molar-refractivity contribution in [1.29, 1.82) is 5.26 Å². The van der Waals surface area contributed by atoms with E-state index in [9.17, 15) is 10.1 Å². The number of halogens is 1. The summed E-state index contributed by atoms with van der Waals surface area (Å²) in [4.78, 5) is 13.2. The van der Waals surface area contributed by atoms with Crippen LogP contribution in [0, 0.1) is 16.7 Å². The van der Waals surface area contributed by atoms with Gasteiger partial charge in [0.1, 0.15) is 24.0 Å². The summed E-state index contributed by atoms with van der Waals surface area (Å²) in [7, 11) is 0. The van der Waals surface area contributed by atoms with Crippen molar-refractivity contribution in [2.45, 2.75) is 46.1 Å². The Morgan fingerprint density at radius 3 is 2.56 bits per heavy atom. The molecule has 1 aliphatic carbocycles. The lowest BCUT2D eigenvalue weighted by Gasteiger charge is -2.37. The first-order valence-electron chi connectivity index (χ1n) is 11.2. The number of carbonyl (C=O) groups is 1. The summed E-state index contributed by atoms with van der Waals surface area (Å²) in [5.74, 6) is 1.04. The minimum atomic E-state index is -0.609. The van der Waals surface area contributed by atoms with E-state index in [1.54, 1.807) is 6.07 Å². The molecular formula is C27H27ClN2O4. The molecule has 0 amide bonds. The molecule has 4 rings (SSSR count). The number of hydrogen-bond donors (Lipinski definition) is 1. The Labute approximate surface area is 204 Å². The normalized spacial score (nSPS) is 19.3. The quantitative estimate of drug-likeness (QED) is 0.566. The molecule has 0 bridgehead atoms. The molecule has 6 nitrogen and oxygen atoms in total. The number of ether oxygens (including phenoxy) is 3. The van der Waals surface area contributed by atoms with E-state index in [0.29, 0.717) is 53.9 Å². The average molecular weight is 479 g/mol. The van der Waals surface area contributed by atoms with Crippen LogP contribution in [0.3, 0.4) is 0 Å². The smallest absolute Gasteiger partial charge is 0.205 e. The number of nitriles is 1. The molecule has 1 atom stereocenters. The zero-order valence-corrected chi connectivity index (χ0v) is 20.2. The number of allylic oxidation sites excluding steroid dienone is 3. The van der Waals surface area contributed by atoms with Crippen molar-refractivity contribution >= 4 is 17.4 Å². The molecule has 0 fully saturated rings. The van der Waals surface area contributed by atoms with Gasteiger partial charge in [0.15, 0.2) is 17.3 Å². The zero-order valence-electron chi connectivity index (χ0n) is 19.5. The molecule has 1 heterocycles. The van der Waals surface area contributed by atoms with Crippen LogP contribution in [-0.4, -0.2) is 12.4 Å². The van der Waals surface area contributed by atoms with E-state index in [1.807, 2.05) is 57.2 Å². The minimum Gasteiger partial charge on any atom is -0.490 e. The van der Waals surface area contributed by atoms with E-state index in [4.69, 9.17) is 31.5 Å². The first kappa shape index (κ1) is 23.7. The molecule has 0 spiro atoms. The Balaban J connectivity index is 1.71. The Kier molecular flexibility index (Phi) is 6.58. The minimum absolute atomic E-state index is 0.0301. The van der Waals surface area contributed by atoms with Crippen LogP contribution in [0.2, 0.25) is 5.02 Å². The van der Waals surface area contributed by atoms with Crippen molar-refractivity contribution in [2.75, 3.05) is 6.61 Å².